The molecule has 1 fully saturated rings. The monoisotopic (exact) mass is 515 g/mol. The van der Waals surface area contributed by atoms with E-state index in [1.807, 2.05) is 37.3 Å². The van der Waals surface area contributed by atoms with E-state index in [-0.39, 0.29) is 12.2 Å². The highest BCUT2D eigenvalue weighted by molar-refractivity contribution is 7.80. The maximum Gasteiger partial charge on any atom is 0.344 e. The van der Waals surface area contributed by atoms with Crippen LogP contribution in [0, 0.1) is 6.92 Å². The number of hydrogen-bond acceptors (Lipinski definition) is 6. The van der Waals surface area contributed by atoms with Gasteiger partial charge in [0.15, 0.2) is 11.7 Å². The number of aryl methyl sites for hydroxylation is 1. The first-order chi connectivity index (χ1) is 16.9. The van der Waals surface area contributed by atoms with E-state index in [0.29, 0.717) is 22.5 Å². The van der Waals surface area contributed by atoms with Gasteiger partial charge in [0.1, 0.15) is 17.1 Å². The fourth-order valence-electron chi connectivity index (χ4n) is 4.29. The summed E-state index contributed by atoms with van der Waals surface area (Å²) in [6.45, 7) is 3.87. The zero-order valence-electron chi connectivity index (χ0n) is 19.9. The van der Waals surface area contributed by atoms with E-state index >= 15 is 0 Å². The Bertz CT molecular complexity index is 1130. The third-order valence-corrected chi connectivity index (χ3v) is 6.68. The van der Waals surface area contributed by atoms with E-state index in [2.05, 4.69) is 22.2 Å². The molecule has 35 heavy (non-hydrogen) atoms. The van der Waals surface area contributed by atoms with Crippen LogP contribution in [0.2, 0.25) is 5.02 Å². The van der Waals surface area contributed by atoms with E-state index < -0.39 is 5.97 Å². The molecule has 3 N–H and O–H groups in total. The van der Waals surface area contributed by atoms with Crippen molar-refractivity contribution in [2.75, 3.05) is 18.5 Å². The third kappa shape index (κ3) is 6.38. The third-order valence-electron chi connectivity index (χ3n) is 6.06. The molecule has 2 aromatic carbocycles. The molecule has 0 amide bonds. The van der Waals surface area contributed by atoms with Gasteiger partial charge in [-0.3, -0.25) is 10.9 Å². The number of fused-ring (bicyclic) bond motifs is 1. The summed E-state index contributed by atoms with van der Waals surface area (Å²) in [4.78, 5) is 11.7. The highest BCUT2D eigenvalue weighted by Gasteiger charge is 2.37. The summed E-state index contributed by atoms with van der Waals surface area (Å²) in [5.41, 5.74) is 9.41. The van der Waals surface area contributed by atoms with Gasteiger partial charge in [0.05, 0.1) is 12.3 Å². The van der Waals surface area contributed by atoms with E-state index in [4.69, 9.17) is 38.0 Å². The molecule has 186 valence electrons. The largest absolute Gasteiger partial charge is 0.482 e. The molecule has 0 radical (unpaired) electrons. The summed E-state index contributed by atoms with van der Waals surface area (Å²) in [7, 11) is 0. The normalized spacial score (nSPS) is 15.8. The lowest BCUT2D eigenvalue weighted by Crippen LogP contribution is -2.44. The van der Waals surface area contributed by atoms with Gasteiger partial charge >= 0.3 is 5.97 Å². The second kappa shape index (κ2) is 11.2. The number of benzene rings is 2. The maximum absolute atomic E-state index is 11.7. The van der Waals surface area contributed by atoms with Crippen LogP contribution in [0.5, 0.6) is 11.5 Å². The van der Waals surface area contributed by atoms with Crippen LogP contribution in [0.3, 0.4) is 0 Å². The van der Waals surface area contributed by atoms with Crippen molar-refractivity contribution in [2.45, 2.75) is 51.6 Å². The van der Waals surface area contributed by atoms with Gasteiger partial charge in [0.25, 0.3) is 0 Å². The standard InChI is InChI=1S/C26H30ClN3O4S/c1-3-32-24(31)16-33-19-9-10-23-20(14-19)22(15-26(34-23)11-5-4-6-12-26)29-30-25(35)28-18-8-7-17(2)21(27)13-18/h7-10,13-15,29H,3-6,11-12,16H2,1-2H3,(H2,28,30,35). The molecule has 9 heteroatoms. The van der Waals surface area contributed by atoms with E-state index in [0.717, 1.165) is 53.9 Å². The summed E-state index contributed by atoms with van der Waals surface area (Å²) in [6.07, 6.45) is 7.46. The number of hydrazine groups is 1. The summed E-state index contributed by atoms with van der Waals surface area (Å²) in [6, 6.07) is 11.2. The van der Waals surface area contributed by atoms with Crippen molar-refractivity contribution in [3.05, 3.63) is 58.6 Å². The minimum atomic E-state index is -0.411. The van der Waals surface area contributed by atoms with Crippen molar-refractivity contribution in [3.8, 4) is 11.5 Å². The molecule has 1 aliphatic heterocycles. The molecule has 2 aliphatic rings. The highest BCUT2D eigenvalue weighted by atomic mass is 35.5. The van der Waals surface area contributed by atoms with Crippen molar-refractivity contribution < 1.29 is 19.0 Å². The number of esters is 1. The van der Waals surface area contributed by atoms with Gasteiger partial charge < -0.3 is 19.5 Å². The quantitative estimate of drug-likeness (QED) is 0.253. The van der Waals surface area contributed by atoms with Crippen LogP contribution < -0.4 is 25.6 Å². The average Bonchev–Trinajstić information content (AvgIpc) is 2.84. The molecule has 0 atom stereocenters. The van der Waals surface area contributed by atoms with Crippen molar-refractivity contribution >= 4 is 46.3 Å². The van der Waals surface area contributed by atoms with E-state index in [9.17, 15) is 4.79 Å². The molecule has 0 aromatic heterocycles. The molecule has 0 bridgehead atoms. The number of halogens is 1. The minimum Gasteiger partial charge on any atom is -0.482 e. The first kappa shape index (κ1) is 25.1. The molecule has 0 saturated heterocycles. The van der Waals surface area contributed by atoms with Gasteiger partial charge in [-0.1, -0.05) is 24.1 Å². The number of carbonyl (C=O) groups excluding carboxylic acids is 1. The van der Waals surface area contributed by atoms with Gasteiger partial charge in [-0.05, 0) is 93.7 Å². The Balaban J connectivity index is 1.51. The van der Waals surface area contributed by atoms with Crippen molar-refractivity contribution in [2.24, 2.45) is 0 Å². The van der Waals surface area contributed by atoms with Crippen LogP contribution in [-0.4, -0.2) is 29.9 Å². The van der Waals surface area contributed by atoms with E-state index in [1.165, 1.54) is 6.42 Å². The summed E-state index contributed by atoms with van der Waals surface area (Å²) in [5, 5.41) is 4.20. The minimum absolute atomic E-state index is 0.157. The Morgan fingerprint density at radius 1 is 1.17 bits per heavy atom. The number of carbonyl (C=O) groups is 1. The summed E-state index contributed by atoms with van der Waals surface area (Å²) >= 11 is 11.7. The molecular formula is C26H30ClN3O4S. The number of rotatable bonds is 7. The first-order valence-corrected chi connectivity index (χ1v) is 12.6. The van der Waals surface area contributed by atoms with Crippen LogP contribution in [0.4, 0.5) is 5.69 Å². The Kier molecular flexibility index (Phi) is 8.03. The zero-order chi connectivity index (χ0) is 24.8. The average molecular weight is 516 g/mol. The van der Waals surface area contributed by atoms with Gasteiger partial charge in [-0.2, -0.15) is 0 Å². The number of ether oxygens (including phenoxy) is 3. The number of thiocarbonyl (C=S) groups is 1. The van der Waals surface area contributed by atoms with Gasteiger partial charge in [0, 0.05) is 16.3 Å². The summed E-state index contributed by atoms with van der Waals surface area (Å²) < 4.78 is 17.1. The lowest BCUT2D eigenvalue weighted by atomic mass is 9.82. The van der Waals surface area contributed by atoms with Crippen LogP contribution in [0.1, 0.15) is 50.2 Å². The molecule has 4 rings (SSSR count). The Morgan fingerprint density at radius 3 is 2.71 bits per heavy atom. The Hall–Kier alpha value is -2.97. The SMILES string of the molecule is CCOC(=O)COc1ccc2c(c1)C(NNC(=S)Nc1ccc(C)c(Cl)c1)=CC1(CCCCC1)O2. The molecule has 0 unspecified atom stereocenters. The van der Waals surface area contributed by atoms with Crippen molar-refractivity contribution in [1.29, 1.82) is 0 Å². The van der Waals surface area contributed by atoms with Crippen LogP contribution in [0.25, 0.3) is 5.70 Å². The number of hydrogen-bond donors (Lipinski definition) is 3. The molecule has 1 heterocycles. The second-order valence-corrected chi connectivity index (χ2v) is 9.52. The lowest BCUT2D eigenvalue weighted by Gasteiger charge is -2.39. The molecule has 1 aliphatic carbocycles. The molecule has 7 nitrogen and oxygen atoms in total. The molecule has 1 spiro atoms. The van der Waals surface area contributed by atoms with E-state index in [1.54, 1.807) is 13.0 Å². The van der Waals surface area contributed by atoms with Gasteiger partial charge in [0.2, 0.25) is 0 Å². The molecule has 2 aromatic rings. The maximum atomic E-state index is 11.7. The zero-order valence-corrected chi connectivity index (χ0v) is 21.5. The van der Waals surface area contributed by atoms with Crippen LogP contribution >= 0.6 is 23.8 Å². The van der Waals surface area contributed by atoms with Crippen LogP contribution in [-0.2, 0) is 9.53 Å². The topological polar surface area (TPSA) is 80.9 Å². The van der Waals surface area contributed by atoms with Crippen molar-refractivity contribution in [1.82, 2.24) is 10.9 Å². The predicted molar refractivity (Wildman–Crippen MR) is 142 cm³/mol. The highest BCUT2D eigenvalue weighted by Crippen LogP contribution is 2.43. The predicted octanol–water partition coefficient (Wildman–Crippen LogP) is 5.52. The van der Waals surface area contributed by atoms with Crippen LogP contribution in [0.15, 0.2) is 42.5 Å². The first-order valence-electron chi connectivity index (χ1n) is 11.8. The van der Waals surface area contributed by atoms with Gasteiger partial charge in [-0.25, -0.2) is 4.79 Å². The fraction of sp³-hybridized carbons (Fsp3) is 0.385. The molecular weight excluding hydrogens is 486 g/mol. The Morgan fingerprint density at radius 2 is 1.97 bits per heavy atom. The second-order valence-electron chi connectivity index (χ2n) is 8.71. The lowest BCUT2D eigenvalue weighted by molar-refractivity contribution is -0.145. The smallest absolute Gasteiger partial charge is 0.344 e. The fourth-order valence-corrected chi connectivity index (χ4v) is 4.64. The Labute approximate surface area is 216 Å². The van der Waals surface area contributed by atoms with Crippen molar-refractivity contribution in [3.63, 3.8) is 0 Å². The number of nitrogens with one attached hydrogen (secondary N) is 3. The molecule has 1 saturated carbocycles. The summed E-state index contributed by atoms with van der Waals surface area (Å²) in [5.74, 6) is 0.889. The number of anilines is 1. The van der Waals surface area contributed by atoms with Gasteiger partial charge in [-0.15, -0.1) is 0 Å².